The highest BCUT2D eigenvalue weighted by Gasteiger charge is 2.53. The minimum absolute atomic E-state index is 0.358. The Morgan fingerprint density at radius 1 is 1.11 bits per heavy atom. The SMILES string of the molecule is CCCCOc1cccc(Cn2nc(C)c(B3OC(C)(C)C(C)(C)O3)c2C)c1. The van der Waals surface area contributed by atoms with Crippen LogP contribution in [0.2, 0.25) is 0 Å². The molecule has 2 heterocycles. The number of benzene rings is 1. The van der Waals surface area contributed by atoms with E-state index in [2.05, 4.69) is 53.7 Å². The smallest absolute Gasteiger partial charge is 0.494 e. The summed E-state index contributed by atoms with van der Waals surface area (Å²) in [6.45, 7) is 16.0. The average molecular weight is 384 g/mol. The van der Waals surface area contributed by atoms with Crippen molar-refractivity contribution in [3.63, 3.8) is 0 Å². The molecule has 1 fully saturated rings. The fourth-order valence-electron chi connectivity index (χ4n) is 3.41. The van der Waals surface area contributed by atoms with Crippen LogP contribution in [0.15, 0.2) is 24.3 Å². The zero-order chi connectivity index (χ0) is 20.5. The molecule has 0 spiro atoms. The first-order chi connectivity index (χ1) is 13.1. The van der Waals surface area contributed by atoms with Crippen molar-refractivity contribution in [2.75, 3.05) is 6.61 Å². The number of ether oxygens (including phenoxy) is 1. The first-order valence-corrected chi connectivity index (χ1v) is 10.3. The van der Waals surface area contributed by atoms with Gasteiger partial charge in [-0.1, -0.05) is 25.5 Å². The Bertz CT molecular complexity index is 813. The Hall–Kier alpha value is -1.79. The zero-order valence-corrected chi connectivity index (χ0v) is 18.3. The van der Waals surface area contributed by atoms with Crippen molar-refractivity contribution in [3.8, 4) is 5.75 Å². The third-order valence-corrected chi connectivity index (χ3v) is 5.92. The highest BCUT2D eigenvalue weighted by molar-refractivity contribution is 6.63. The van der Waals surface area contributed by atoms with Gasteiger partial charge in [0.2, 0.25) is 0 Å². The van der Waals surface area contributed by atoms with Crippen molar-refractivity contribution < 1.29 is 14.0 Å². The third-order valence-electron chi connectivity index (χ3n) is 5.92. The van der Waals surface area contributed by atoms with Gasteiger partial charge in [0.05, 0.1) is 30.0 Å². The van der Waals surface area contributed by atoms with E-state index in [1.54, 1.807) is 0 Å². The van der Waals surface area contributed by atoms with E-state index in [0.29, 0.717) is 6.54 Å². The van der Waals surface area contributed by atoms with Gasteiger partial charge in [0.1, 0.15) is 5.75 Å². The maximum atomic E-state index is 6.25. The van der Waals surface area contributed by atoms with E-state index in [9.17, 15) is 0 Å². The summed E-state index contributed by atoms with van der Waals surface area (Å²) >= 11 is 0. The van der Waals surface area contributed by atoms with E-state index in [-0.39, 0.29) is 18.3 Å². The van der Waals surface area contributed by atoms with Crippen LogP contribution in [0.3, 0.4) is 0 Å². The molecular formula is C22H33BN2O3. The Morgan fingerprint density at radius 2 is 1.79 bits per heavy atom. The van der Waals surface area contributed by atoms with Crippen LogP contribution in [0.5, 0.6) is 5.75 Å². The van der Waals surface area contributed by atoms with Crippen molar-refractivity contribution in [2.24, 2.45) is 0 Å². The summed E-state index contributed by atoms with van der Waals surface area (Å²) in [7, 11) is -0.387. The lowest BCUT2D eigenvalue weighted by Crippen LogP contribution is -2.41. The first kappa shape index (κ1) is 20.9. The molecule has 1 aromatic heterocycles. The molecular weight excluding hydrogens is 351 g/mol. The summed E-state index contributed by atoms with van der Waals surface area (Å²) in [4.78, 5) is 0. The van der Waals surface area contributed by atoms with E-state index in [1.807, 2.05) is 23.7 Å². The number of nitrogens with zero attached hydrogens (tertiary/aromatic N) is 2. The highest BCUT2D eigenvalue weighted by atomic mass is 16.7. The maximum Gasteiger partial charge on any atom is 0.498 e. The molecule has 0 atom stereocenters. The van der Waals surface area contributed by atoms with Crippen LogP contribution < -0.4 is 10.2 Å². The second kappa shape index (κ2) is 7.92. The molecule has 3 rings (SSSR count). The molecule has 1 saturated heterocycles. The summed E-state index contributed by atoms with van der Waals surface area (Å²) in [5.41, 5.74) is 3.51. The molecule has 1 aliphatic rings. The minimum Gasteiger partial charge on any atom is -0.494 e. The second-order valence-corrected chi connectivity index (χ2v) is 8.68. The molecule has 28 heavy (non-hydrogen) atoms. The number of aromatic nitrogens is 2. The minimum atomic E-state index is -0.387. The zero-order valence-electron chi connectivity index (χ0n) is 18.3. The van der Waals surface area contributed by atoms with E-state index in [4.69, 9.17) is 19.1 Å². The van der Waals surface area contributed by atoms with Crippen LogP contribution in [0.4, 0.5) is 0 Å². The van der Waals surface area contributed by atoms with Crippen molar-refractivity contribution >= 4 is 12.6 Å². The lowest BCUT2D eigenvalue weighted by atomic mass is 9.77. The molecule has 6 heteroatoms. The Balaban J connectivity index is 1.79. The molecule has 0 aliphatic carbocycles. The summed E-state index contributed by atoms with van der Waals surface area (Å²) in [5.74, 6) is 0.915. The number of hydrogen-bond acceptors (Lipinski definition) is 4. The summed E-state index contributed by atoms with van der Waals surface area (Å²) in [6.07, 6.45) is 2.20. The van der Waals surface area contributed by atoms with Gasteiger partial charge in [-0.05, 0) is 65.7 Å². The van der Waals surface area contributed by atoms with E-state index < -0.39 is 0 Å². The van der Waals surface area contributed by atoms with Gasteiger partial charge in [0, 0.05) is 11.2 Å². The van der Waals surface area contributed by atoms with Gasteiger partial charge < -0.3 is 14.0 Å². The summed E-state index contributed by atoms with van der Waals surface area (Å²) in [5, 5.41) is 4.77. The van der Waals surface area contributed by atoms with Gasteiger partial charge in [-0.15, -0.1) is 0 Å². The molecule has 2 aromatic rings. The largest absolute Gasteiger partial charge is 0.498 e. The van der Waals surface area contributed by atoms with E-state index in [1.165, 1.54) is 5.56 Å². The van der Waals surface area contributed by atoms with Crippen LogP contribution in [-0.4, -0.2) is 34.7 Å². The molecule has 1 aromatic carbocycles. The predicted molar refractivity (Wildman–Crippen MR) is 113 cm³/mol. The second-order valence-electron chi connectivity index (χ2n) is 8.68. The number of hydrogen-bond donors (Lipinski definition) is 0. The van der Waals surface area contributed by atoms with Gasteiger partial charge in [-0.3, -0.25) is 4.68 Å². The molecule has 152 valence electrons. The van der Waals surface area contributed by atoms with Crippen molar-refractivity contribution in [1.29, 1.82) is 0 Å². The summed E-state index contributed by atoms with van der Waals surface area (Å²) < 4.78 is 20.4. The van der Waals surface area contributed by atoms with Crippen LogP contribution in [0, 0.1) is 13.8 Å². The lowest BCUT2D eigenvalue weighted by Gasteiger charge is -2.32. The van der Waals surface area contributed by atoms with Gasteiger partial charge in [-0.25, -0.2) is 0 Å². The van der Waals surface area contributed by atoms with Crippen molar-refractivity contribution in [2.45, 2.75) is 79.1 Å². The van der Waals surface area contributed by atoms with Gasteiger partial charge in [0.25, 0.3) is 0 Å². The Labute approximate surface area is 169 Å². The monoisotopic (exact) mass is 384 g/mol. The highest BCUT2D eigenvalue weighted by Crippen LogP contribution is 2.37. The quantitative estimate of drug-likeness (QED) is 0.534. The molecule has 1 aliphatic heterocycles. The van der Waals surface area contributed by atoms with Gasteiger partial charge >= 0.3 is 7.12 Å². The maximum absolute atomic E-state index is 6.25. The standard InChI is InChI=1S/C22H33BN2O3/c1-8-9-13-26-19-12-10-11-18(14-19)15-25-17(3)20(16(2)24-25)23-27-21(4,5)22(6,7)28-23/h10-12,14H,8-9,13,15H2,1-7H3. The van der Waals surface area contributed by atoms with Crippen molar-refractivity contribution in [3.05, 3.63) is 41.2 Å². The molecule has 0 unspecified atom stereocenters. The van der Waals surface area contributed by atoms with Crippen LogP contribution in [0.1, 0.15) is 64.4 Å². The fraction of sp³-hybridized carbons (Fsp3) is 0.591. The molecule has 0 amide bonds. The molecule has 0 bridgehead atoms. The topological polar surface area (TPSA) is 45.5 Å². The predicted octanol–water partition coefficient (Wildman–Crippen LogP) is 4.03. The Morgan fingerprint density at radius 3 is 2.43 bits per heavy atom. The lowest BCUT2D eigenvalue weighted by molar-refractivity contribution is 0.00578. The van der Waals surface area contributed by atoms with E-state index in [0.717, 1.165) is 42.0 Å². The normalized spacial score (nSPS) is 17.9. The summed E-state index contributed by atoms with van der Waals surface area (Å²) in [6, 6.07) is 8.26. The third kappa shape index (κ3) is 4.13. The van der Waals surface area contributed by atoms with Crippen molar-refractivity contribution in [1.82, 2.24) is 9.78 Å². The van der Waals surface area contributed by atoms with Gasteiger partial charge in [-0.2, -0.15) is 5.10 Å². The van der Waals surface area contributed by atoms with Crippen LogP contribution in [-0.2, 0) is 15.9 Å². The van der Waals surface area contributed by atoms with Crippen LogP contribution >= 0.6 is 0 Å². The number of unbranched alkanes of at least 4 members (excludes halogenated alkanes) is 1. The molecule has 0 saturated carbocycles. The fourth-order valence-corrected chi connectivity index (χ4v) is 3.41. The van der Waals surface area contributed by atoms with Gasteiger partial charge in [0.15, 0.2) is 0 Å². The molecule has 0 N–H and O–H groups in total. The molecule has 5 nitrogen and oxygen atoms in total. The van der Waals surface area contributed by atoms with E-state index >= 15 is 0 Å². The molecule has 0 radical (unpaired) electrons. The van der Waals surface area contributed by atoms with Crippen LogP contribution in [0.25, 0.3) is 0 Å². The number of rotatable bonds is 7. The Kier molecular flexibility index (Phi) is 5.92. The number of aryl methyl sites for hydroxylation is 1. The first-order valence-electron chi connectivity index (χ1n) is 10.3. The average Bonchev–Trinajstić information content (AvgIpc) is 2.99.